The van der Waals surface area contributed by atoms with Gasteiger partial charge in [0.1, 0.15) is 0 Å². The summed E-state index contributed by atoms with van der Waals surface area (Å²) in [5.41, 5.74) is 3.16. The number of halogens is 2. The van der Waals surface area contributed by atoms with E-state index >= 15 is 0 Å². The summed E-state index contributed by atoms with van der Waals surface area (Å²) in [6.45, 7) is -0.273. The van der Waals surface area contributed by atoms with Gasteiger partial charge in [0.2, 0.25) is 0 Å². The molecular weight excluding hydrogens is 393 g/mol. The van der Waals surface area contributed by atoms with Gasteiger partial charge in [0.15, 0.2) is 11.5 Å². The van der Waals surface area contributed by atoms with Crippen LogP contribution in [0.1, 0.15) is 15.9 Å². The van der Waals surface area contributed by atoms with Gasteiger partial charge in [0.25, 0.3) is 11.8 Å². The standard InChI is InChI=1S/C18H17Cl2N3O4/c1-26-15-5-3-4-11(17(15)27-2)9-22-23-16(24)10-21-18(25)13-7-6-12(19)8-14(13)20/h3-9H,10H2,1-2H3,(H,21,25)(H,23,24)/b22-9+. The minimum Gasteiger partial charge on any atom is -0.493 e. The monoisotopic (exact) mass is 409 g/mol. The molecule has 9 heteroatoms. The summed E-state index contributed by atoms with van der Waals surface area (Å²) in [4.78, 5) is 23.9. The van der Waals surface area contributed by atoms with Crippen LogP contribution in [0.15, 0.2) is 41.5 Å². The molecule has 2 rings (SSSR count). The van der Waals surface area contributed by atoms with Crippen LogP contribution >= 0.6 is 23.2 Å². The van der Waals surface area contributed by atoms with Crippen molar-refractivity contribution in [3.05, 3.63) is 57.6 Å². The van der Waals surface area contributed by atoms with Crippen molar-refractivity contribution in [2.75, 3.05) is 20.8 Å². The maximum atomic E-state index is 12.0. The third-order valence-electron chi connectivity index (χ3n) is 3.41. The molecule has 0 unspecified atom stereocenters. The van der Waals surface area contributed by atoms with E-state index in [9.17, 15) is 9.59 Å². The SMILES string of the molecule is COc1cccc(/C=N/NC(=O)CNC(=O)c2ccc(Cl)cc2Cl)c1OC. The van der Waals surface area contributed by atoms with E-state index in [1.54, 1.807) is 18.2 Å². The van der Waals surface area contributed by atoms with Crippen molar-refractivity contribution in [3.63, 3.8) is 0 Å². The Balaban J connectivity index is 1.91. The molecule has 0 aromatic heterocycles. The van der Waals surface area contributed by atoms with Crippen molar-refractivity contribution >= 4 is 41.2 Å². The lowest BCUT2D eigenvalue weighted by molar-refractivity contribution is -0.120. The number of methoxy groups -OCH3 is 2. The summed E-state index contributed by atoms with van der Waals surface area (Å²) in [5, 5.41) is 6.91. The predicted octanol–water partition coefficient (Wildman–Crippen LogP) is 2.89. The predicted molar refractivity (Wildman–Crippen MR) is 104 cm³/mol. The number of nitrogens with one attached hydrogen (secondary N) is 2. The van der Waals surface area contributed by atoms with Gasteiger partial charge in [-0.1, -0.05) is 29.3 Å². The molecule has 0 atom stereocenters. The maximum absolute atomic E-state index is 12.0. The van der Waals surface area contributed by atoms with Gasteiger partial charge < -0.3 is 14.8 Å². The van der Waals surface area contributed by atoms with E-state index in [1.807, 2.05) is 0 Å². The number of hydrazone groups is 1. The summed E-state index contributed by atoms with van der Waals surface area (Å²) in [7, 11) is 3.03. The van der Waals surface area contributed by atoms with Crippen LogP contribution in [0.5, 0.6) is 11.5 Å². The quantitative estimate of drug-likeness (QED) is 0.543. The molecule has 2 aromatic rings. The van der Waals surface area contributed by atoms with E-state index in [1.165, 1.54) is 38.6 Å². The third-order valence-corrected chi connectivity index (χ3v) is 3.96. The number of benzene rings is 2. The second-order valence-corrected chi connectivity index (χ2v) is 6.03. The summed E-state index contributed by atoms with van der Waals surface area (Å²) in [6, 6.07) is 9.72. The third kappa shape index (κ3) is 5.60. The number of carbonyl (C=O) groups is 2. The molecule has 2 amide bonds. The molecule has 2 aromatic carbocycles. The Morgan fingerprint density at radius 1 is 1.15 bits per heavy atom. The first-order chi connectivity index (χ1) is 13.0. The minimum absolute atomic E-state index is 0.198. The molecule has 2 N–H and O–H groups in total. The highest BCUT2D eigenvalue weighted by atomic mass is 35.5. The van der Waals surface area contributed by atoms with Crippen molar-refractivity contribution in [1.29, 1.82) is 0 Å². The molecule has 0 bridgehead atoms. The van der Waals surface area contributed by atoms with Crippen molar-refractivity contribution in [3.8, 4) is 11.5 Å². The highest BCUT2D eigenvalue weighted by Gasteiger charge is 2.12. The number of nitrogens with zero attached hydrogens (tertiary/aromatic N) is 1. The van der Waals surface area contributed by atoms with Gasteiger partial charge >= 0.3 is 0 Å². The number of rotatable bonds is 7. The lowest BCUT2D eigenvalue weighted by Gasteiger charge is -2.09. The normalized spacial score (nSPS) is 10.5. The van der Waals surface area contributed by atoms with Crippen LogP contribution in [-0.2, 0) is 4.79 Å². The molecule has 142 valence electrons. The number of amides is 2. The second-order valence-electron chi connectivity index (χ2n) is 5.18. The van der Waals surface area contributed by atoms with Crippen LogP contribution in [0.25, 0.3) is 0 Å². The highest BCUT2D eigenvalue weighted by molar-refractivity contribution is 6.36. The Kier molecular flexibility index (Phi) is 7.45. The molecule has 0 saturated heterocycles. The Bertz CT molecular complexity index is 872. The van der Waals surface area contributed by atoms with Gasteiger partial charge in [0, 0.05) is 10.6 Å². The molecule has 7 nitrogen and oxygen atoms in total. The van der Waals surface area contributed by atoms with E-state index in [4.69, 9.17) is 32.7 Å². The molecule has 0 saturated carbocycles. The van der Waals surface area contributed by atoms with Crippen LogP contribution in [-0.4, -0.2) is 38.8 Å². The molecule has 0 spiro atoms. The Morgan fingerprint density at radius 2 is 1.93 bits per heavy atom. The van der Waals surface area contributed by atoms with Crippen LogP contribution in [0, 0.1) is 0 Å². The fourth-order valence-corrected chi connectivity index (χ4v) is 2.65. The maximum Gasteiger partial charge on any atom is 0.259 e. The van der Waals surface area contributed by atoms with E-state index in [-0.39, 0.29) is 17.1 Å². The topological polar surface area (TPSA) is 89.0 Å². The van der Waals surface area contributed by atoms with Gasteiger partial charge in [-0.25, -0.2) is 5.43 Å². The number of hydrogen-bond donors (Lipinski definition) is 2. The van der Waals surface area contributed by atoms with E-state index in [0.717, 1.165) is 0 Å². The van der Waals surface area contributed by atoms with Crippen molar-refractivity contribution in [2.45, 2.75) is 0 Å². The van der Waals surface area contributed by atoms with Gasteiger partial charge in [-0.2, -0.15) is 5.10 Å². The summed E-state index contributed by atoms with van der Waals surface area (Å²) < 4.78 is 10.5. The second kappa shape index (κ2) is 9.80. The van der Waals surface area contributed by atoms with Crippen molar-refractivity contribution in [1.82, 2.24) is 10.7 Å². The van der Waals surface area contributed by atoms with Crippen LogP contribution in [0.2, 0.25) is 10.0 Å². The van der Waals surface area contributed by atoms with Gasteiger partial charge in [0.05, 0.1) is 37.6 Å². The fourth-order valence-electron chi connectivity index (χ4n) is 2.16. The Hall–Kier alpha value is -2.77. The van der Waals surface area contributed by atoms with E-state index < -0.39 is 11.8 Å². The molecule has 0 fully saturated rings. The average molecular weight is 410 g/mol. The number of hydrogen-bond acceptors (Lipinski definition) is 5. The highest BCUT2D eigenvalue weighted by Crippen LogP contribution is 2.29. The van der Waals surface area contributed by atoms with Crippen molar-refractivity contribution < 1.29 is 19.1 Å². The largest absolute Gasteiger partial charge is 0.493 e. The Labute approximate surface area is 166 Å². The van der Waals surface area contributed by atoms with Crippen molar-refractivity contribution in [2.24, 2.45) is 5.10 Å². The lowest BCUT2D eigenvalue weighted by Crippen LogP contribution is -2.35. The van der Waals surface area contributed by atoms with Crippen LogP contribution in [0.3, 0.4) is 0 Å². The van der Waals surface area contributed by atoms with Crippen LogP contribution in [0.4, 0.5) is 0 Å². The van der Waals surface area contributed by atoms with E-state index in [0.29, 0.717) is 22.1 Å². The molecular formula is C18H17Cl2N3O4. The van der Waals surface area contributed by atoms with Gasteiger partial charge in [-0.15, -0.1) is 0 Å². The molecule has 27 heavy (non-hydrogen) atoms. The van der Waals surface area contributed by atoms with Gasteiger partial charge in [-0.3, -0.25) is 9.59 Å². The first kappa shape index (κ1) is 20.5. The Morgan fingerprint density at radius 3 is 2.59 bits per heavy atom. The fraction of sp³-hybridized carbons (Fsp3) is 0.167. The number of carbonyl (C=O) groups excluding carboxylic acids is 2. The zero-order valence-electron chi connectivity index (χ0n) is 14.6. The molecule has 0 radical (unpaired) electrons. The first-order valence-corrected chi connectivity index (χ1v) is 8.48. The zero-order valence-corrected chi connectivity index (χ0v) is 16.1. The summed E-state index contributed by atoms with van der Waals surface area (Å²) >= 11 is 11.7. The number of para-hydroxylation sites is 1. The van der Waals surface area contributed by atoms with Crippen LogP contribution < -0.4 is 20.2 Å². The smallest absolute Gasteiger partial charge is 0.259 e. The average Bonchev–Trinajstić information content (AvgIpc) is 2.65. The molecule has 0 aliphatic rings. The number of ether oxygens (including phenoxy) is 2. The molecule has 0 aliphatic heterocycles. The zero-order chi connectivity index (χ0) is 19.8. The van der Waals surface area contributed by atoms with E-state index in [2.05, 4.69) is 15.8 Å². The van der Waals surface area contributed by atoms with Gasteiger partial charge in [-0.05, 0) is 30.3 Å². The first-order valence-electron chi connectivity index (χ1n) is 7.72. The molecule has 0 heterocycles. The summed E-state index contributed by atoms with van der Waals surface area (Å²) in [5.74, 6) is 0.0281. The summed E-state index contributed by atoms with van der Waals surface area (Å²) in [6.07, 6.45) is 1.41. The minimum atomic E-state index is -0.508. The molecule has 0 aliphatic carbocycles. The lowest BCUT2D eigenvalue weighted by atomic mass is 10.2.